The first-order chi connectivity index (χ1) is 9.17. The van der Waals surface area contributed by atoms with Gasteiger partial charge in [-0.1, -0.05) is 18.5 Å². The Bertz CT molecular complexity index is 541. The highest BCUT2D eigenvalue weighted by Crippen LogP contribution is 2.21. The molecule has 4 nitrogen and oxygen atoms in total. The number of nitrogens with two attached hydrogens (primary N) is 1. The number of hydrogen-bond acceptors (Lipinski definition) is 5. The highest BCUT2D eigenvalue weighted by atomic mass is 35.5. The smallest absolute Gasteiger partial charge is 0.133 e. The topological polar surface area (TPSA) is 63.8 Å². The third-order valence-corrected chi connectivity index (χ3v) is 3.86. The first-order valence-corrected chi connectivity index (χ1v) is 7.48. The van der Waals surface area contributed by atoms with Crippen molar-refractivity contribution in [2.75, 3.05) is 17.6 Å². The molecule has 0 aliphatic carbocycles. The molecule has 102 valence electrons. The molecule has 0 fully saturated rings. The number of thiophene rings is 1. The number of aromatic nitrogens is 2. The van der Waals surface area contributed by atoms with E-state index in [1.807, 2.05) is 12.1 Å². The molecule has 0 aliphatic heterocycles. The number of aryl methyl sites for hydroxylation is 1. The van der Waals surface area contributed by atoms with E-state index < -0.39 is 0 Å². The molecule has 0 spiro atoms. The Labute approximate surface area is 122 Å². The molecule has 19 heavy (non-hydrogen) atoms. The van der Waals surface area contributed by atoms with E-state index in [9.17, 15) is 0 Å². The Balaban J connectivity index is 1.91. The average molecular weight is 297 g/mol. The number of rotatable bonds is 6. The van der Waals surface area contributed by atoms with Gasteiger partial charge < -0.3 is 11.1 Å². The highest BCUT2D eigenvalue weighted by molar-refractivity contribution is 7.16. The molecule has 0 aliphatic rings. The van der Waals surface area contributed by atoms with Gasteiger partial charge in [-0.25, -0.2) is 9.97 Å². The third-order valence-electron chi connectivity index (χ3n) is 2.57. The Morgan fingerprint density at radius 2 is 2.16 bits per heavy atom. The Kier molecular flexibility index (Phi) is 4.99. The van der Waals surface area contributed by atoms with Gasteiger partial charge in [-0.05, 0) is 25.0 Å². The number of hydrogen-bond donors (Lipinski definition) is 2. The molecule has 0 bridgehead atoms. The number of nitrogens with zero attached hydrogens (tertiary/aromatic N) is 2. The van der Waals surface area contributed by atoms with E-state index in [-0.39, 0.29) is 0 Å². The summed E-state index contributed by atoms with van der Waals surface area (Å²) in [6.45, 7) is 2.90. The fraction of sp³-hybridized carbons (Fsp3) is 0.385. The molecular weight excluding hydrogens is 280 g/mol. The lowest BCUT2D eigenvalue weighted by Crippen LogP contribution is -2.09. The molecule has 0 aromatic carbocycles. The normalized spacial score (nSPS) is 10.6. The summed E-state index contributed by atoms with van der Waals surface area (Å²) < 4.78 is 0.825. The van der Waals surface area contributed by atoms with Crippen molar-refractivity contribution < 1.29 is 0 Å². The minimum Gasteiger partial charge on any atom is -0.384 e. The van der Waals surface area contributed by atoms with Crippen LogP contribution < -0.4 is 11.1 Å². The van der Waals surface area contributed by atoms with Crippen LogP contribution in [0.25, 0.3) is 0 Å². The molecular formula is C13H17ClN4S. The standard InChI is InChI=1S/C13H17ClN4S/c1-2-3-12-17-11(15)8-13(18-12)16-7-6-9-4-5-10(14)19-9/h4-5,8H,2-3,6-7H2,1H3,(H3,15,16,17,18). The molecule has 0 unspecified atom stereocenters. The van der Waals surface area contributed by atoms with E-state index >= 15 is 0 Å². The molecule has 0 atom stereocenters. The molecule has 0 saturated carbocycles. The molecule has 6 heteroatoms. The van der Waals surface area contributed by atoms with E-state index in [1.165, 1.54) is 4.88 Å². The SMILES string of the molecule is CCCc1nc(N)cc(NCCc2ccc(Cl)s2)n1. The van der Waals surface area contributed by atoms with Crippen LogP contribution in [0.4, 0.5) is 11.6 Å². The van der Waals surface area contributed by atoms with Crippen LogP contribution in [0, 0.1) is 0 Å². The fourth-order valence-corrected chi connectivity index (χ4v) is 2.83. The van der Waals surface area contributed by atoms with Crippen molar-refractivity contribution in [1.82, 2.24) is 9.97 Å². The zero-order chi connectivity index (χ0) is 13.7. The molecule has 2 aromatic rings. The minimum atomic E-state index is 0.514. The van der Waals surface area contributed by atoms with E-state index in [0.717, 1.165) is 41.8 Å². The van der Waals surface area contributed by atoms with Crippen molar-refractivity contribution in [3.05, 3.63) is 33.2 Å². The molecule has 2 heterocycles. The Hall–Kier alpha value is -1.33. The third kappa shape index (κ3) is 4.36. The van der Waals surface area contributed by atoms with Crippen LogP contribution in [-0.4, -0.2) is 16.5 Å². The van der Waals surface area contributed by atoms with Crippen molar-refractivity contribution in [1.29, 1.82) is 0 Å². The van der Waals surface area contributed by atoms with Crippen molar-refractivity contribution in [2.24, 2.45) is 0 Å². The highest BCUT2D eigenvalue weighted by Gasteiger charge is 2.03. The molecule has 3 N–H and O–H groups in total. The van der Waals surface area contributed by atoms with Crippen molar-refractivity contribution in [3.8, 4) is 0 Å². The predicted octanol–water partition coefficient (Wildman–Crippen LogP) is 3.38. The maximum Gasteiger partial charge on any atom is 0.133 e. The van der Waals surface area contributed by atoms with E-state index in [0.29, 0.717) is 5.82 Å². The first kappa shape index (κ1) is 14.1. The molecule has 2 aromatic heterocycles. The summed E-state index contributed by atoms with van der Waals surface area (Å²) in [4.78, 5) is 9.90. The maximum absolute atomic E-state index is 5.89. The van der Waals surface area contributed by atoms with Gasteiger partial charge in [-0.2, -0.15) is 0 Å². The zero-order valence-electron chi connectivity index (χ0n) is 10.8. The summed E-state index contributed by atoms with van der Waals surface area (Å²) in [5.41, 5.74) is 5.77. The van der Waals surface area contributed by atoms with Gasteiger partial charge in [0.2, 0.25) is 0 Å². The van der Waals surface area contributed by atoms with Crippen molar-refractivity contribution in [3.63, 3.8) is 0 Å². The number of nitrogen functional groups attached to an aromatic ring is 1. The van der Waals surface area contributed by atoms with Crippen LogP contribution >= 0.6 is 22.9 Å². The van der Waals surface area contributed by atoms with Crippen LogP contribution in [0.3, 0.4) is 0 Å². The fourth-order valence-electron chi connectivity index (χ4n) is 1.74. The Morgan fingerprint density at radius 3 is 2.84 bits per heavy atom. The molecule has 0 amide bonds. The predicted molar refractivity (Wildman–Crippen MR) is 82.0 cm³/mol. The number of halogens is 1. The van der Waals surface area contributed by atoms with Gasteiger partial charge in [-0.3, -0.25) is 0 Å². The van der Waals surface area contributed by atoms with E-state index in [4.69, 9.17) is 17.3 Å². The van der Waals surface area contributed by atoms with Gasteiger partial charge in [0.15, 0.2) is 0 Å². The van der Waals surface area contributed by atoms with Gasteiger partial charge in [0.1, 0.15) is 17.5 Å². The lowest BCUT2D eigenvalue weighted by Gasteiger charge is -2.07. The monoisotopic (exact) mass is 296 g/mol. The second-order valence-corrected chi connectivity index (χ2v) is 6.03. The maximum atomic E-state index is 5.89. The second-order valence-electron chi connectivity index (χ2n) is 4.23. The summed E-state index contributed by atoms with van der Waals surface area (Å²) in [5, 5.41) is 3.27. The van der Waals surface area contributed by atoms with Gasteiger partial charge in [0.05, 0.1) is 4.34 Å². The summed E-state index contributed by atoms with van der Waals surface area (Å²) in [6, 6.07) is 5.73. The van der Waals surface area contributed by atoms with Crippen LogP contribution in [0.5, 0.6) is 0 Å². The molecule has 0 radical (unpaired) electrons. The largest absolute Gasteiger partial charge is 0.384 e. The van der Waals surface area contributed by atoms with E-state index in [2.05, 4.69) is 22.2 Å². The van der Waals surface area contributed by atoms with Crippen LogP contribution in [0.15, 0.2) is 18.2 Å². The molecule has 2 rings (SSSR count). The van der Waals surface area contributed by atoms with Crippen LogP contribution in [0.1, 0.15) is 24.0 Å². The zero-order valence-corrected chi connectivity index (χ0v) is 12.4. The summed E-state index contributed by atoms with van der Waals surface area (Å²) >= 11 is 7.50. The number of nitrogens with one attached hydrogen (secondary N) is 1. The molecule has 0 saturated heterocycles. The van der Waals surface area contributed by atoms with Gasteiger partial charge in [-0.15, -0.1) is 11.3 Å². The van der Waals surface area contributed by atoms with Crippen LogP contribution in [0.2, 0.25) is 4.34 Å². The minimum absolute atomic E-state index is 0.514. The van der Waals surface area contributed by atoms with E-state index in [1.54, 1.807) is 17.4 Å². The van der Waals surface area contributed by atoms with Crippen molar-refractivity contribution >= 4 is 34.6 Å². The van der Waals surface area contributed by atoms with Gasteiger partial charge in [0.25, 0.3) is 0 Å². The summed E-state index contributed by atoms with van der Waals surface area (Å²) in [6.07, 6.45) is 2.78. The van der Waals surface area contributed by atoms with Gasteiger partial charge in [0, 0.05) is 23.9 Å². The Morgan fingerprint density at radius 1 is 1.32 bits per heavy atom. The average Bonchev–Trinajstić information content (AvgIpc) is 2.75. The number of anilines is 2. The van der Waals surface area contributed by atoms with Crippen molar-refractivity contribution in [2.45, 2.75) is 26.2 Å². The lowest BCUT2D eigenvalue weighted by molar-refractivity contribution is 0.836. The van der Waals surface area contributed by atoms with Crippen LogP contribution in [-0.2, 0) is 12.8 Å². The lowest BCUT2D eigenvalue weighted by atomic mass is 10.3. The summed E-state index contributed by atoms with van der Waals surface area (Å²) in [5.74, 6) is 2.10. The quantitative estimate of drug-likeness (QED) is 0.858. The second kappa shape index (κ2) is 6.73. The van der Waals surface area contributed by atoms with Gasteiger partial charge >= 0.3 is 0 Å². The first-order valence-electron chi connectivity index (χ1n) is 6.29. The summed E-state index contributed by atoms with van der Waals surface area (Å²) in [7, 11) is 0.